The summed E-state index contributed by atoms with van der Waals surface area (Å²) in [5.41, 5.74) is 0.780. The molecule has 0 amide bonds. The highest BCUT2D eigenvalue weighted by Crippen LogP contribution is 2.23. The van der Waals surface area contributed by atoms with Crippen LogP contribution in [0, 0.1) is 0 Å². The Bertz CT molecular complexity index is 1370. The lowest BCUT2D eigenvalue weighted by atomic mass is 10.2. The van der Waals surface area contributed by atoms with Gasteiger partial charge in [0, 0.05) is 18.0 Å². The van der Waals surface area contributed by atoms with Crippen molar-refractivity contribution >= 4 is 39.8 Å². The molecule has 5 rings (SSSR count). The maximum atomic E-state index is 12.8. The molecule has 0 fully saturated rings. The van der Waals surface area contributed by atoms with Gasteiger partial charge in [-0.1, -0.05) is 30.0 Å². The first-order valence-electron chi connectivity index (χ1n) is 9.64. The summed E-state index contributed by atoms with van der Waals surface area (Å²) in [6.07, 6.45) is 2.71. The van der Waals surface area contributed by atoms with E-state index in [0.29, 0.717) is 23.5 Å². The van der Waals surface area contributed by atoms with Crippen molar-refractivity contribution in [3.63, 3.8) is 0 Å². The van der Waals surface area contributed by atoms with Crippen LogP contribution in [0.2, 0.25) is 0 Å². The van der Waals surface area contributed by atoms with E-state index in [1.807, 2.05) is 35.6 Å². The van der Waals surface area contributed by atoms with Gasteiger partial charge in [-0.15, -0.1) is 31.7 Å². The van der Waals surface area contributed by atoms with Gasteiger partial charge in [0.15, 0.2) is 5.16 Å². The average Bonchev–Trinajstić information content (AvgIpc) is 3.52. The quantitative estimate of drug-likeness (QED) is 0.364. The predicted octanol–water partition coefficient (Wildman–Crippen LogP) is 3.25. The molecule has 8 nitrogen and oxygen atoms in total. The highest BCUT2D eigenvalue weighted by Gasteiger charge is 2.16. The predicted molar refractivity (Wildman–Crippen MR) is 118 cm³/mol. The van der Waals surface area contributed by atoms with Gasteiger partial charge in [-0.25, -0.2) is 0 Å². The summed E-state index contributed by atoms with van der Waals surface area (Å²) < 4.78 is 5.69. The van der Waals surface area contributed by atoms with Crippen molar-refractivity contribution < 1.29 is 0 Å². The Balaban J connectivity index is 1.45. The molecule has 0 atom stereocenters. The molecular formula is C20H19N7OS2. The summed E-state index contributed by atoms with van der Waals surface area (Å²) >= 11 is 3.33. The molecule has 10 heteroatoms. The number of aromatic nitrogens is 7. The third-order valence-corrected chi connectivity index (χ3v) is 6.89. The number of thioether (sulfide) groups is 1. The van der Waals surface area contributed by atoms with Gasteiger partial charge in [0.2, 0.25) is 5.78 Å². The highest BCUT2D eigenvalue weighted by molar-refractivity contribution is 7.98. The molecule has 0 N–H and O–H groups in total. The van der Waals surface area contributed by atoms with E-state index < -0.39 is 0 Å². The Labute approximate surface area is 180 Å². The molecule has 0 aliphatic carbocycles. The second-order valence-electron chi connectivity index (χ2n) is 6.74. The van der Waals surface area contributed by atoms with Crippen molar-refractivity contribution in [1.29, 1.82) is 0 Å². The van der Waals surface area contributed by atoms with Crippen molar-refractivity contribution in [2.75, 3.05) is 0 Å². The van der Waals surface area contributed by atoms with Gasteiger partial charge in [0.25, 0.3) is 5.56 Å². The Kier molecular flexibility index (Phi) is 5.09. The molecule has 30 heavy (non-hydrogen) atoms. The van der Waals surface area contributed by atoms with E-state index in [0.717, 1.165) is 29.5 Å². The molecule has 0 radical (unpaired) electrons. The van der Waals surface area contributed by atoms with Crippen LogP contribution in [0.3, 0.4) is 0 Å². The Morgan fingerprint density at radius 3 is 2.83 bits per heavy atom. The molecule has 4 aromatic heterocycles. The summed E-state index contributed by atoms with van der Waals surface area (Å²) in [6, 6.07) is 11.8. The fraction of sp³-hybridized carbons (Fsp3) is 0.250. The number of benzene rings is 1. The van der Waals surface area contributed by atoms with Crippen LogP contribution in [0.25, 0.3) is 16.7 Å². The van der Waals surface area contributed by atoms with Gasteiger partial charge in [-0.05, 0) is 36.9 Å². The van der Waals surface area contributed by atoms with Crippen LogP contribution in [-0.4, -0.2) is 33.9 Å². The highest BCUT2D eigenvalue weighted by atomic mass is 32.2. The minimum atomic E-state index is -0.0412. The molecule has 152 valence electrons. The second-order valence-corrected chi connectivity index (χ2v) is 8.72. The lowest BCUT2D eigenvalue weighted by Crippen LogP contribution is -2.22. The van der Waals surface area contributed by atoms with Crippen molar-refractivity contribution in [3.05, 3.63) is 69.2 Å². The molecule has 0 saturated heterocycles. The van der Waals surface area contributed by atoms with Crippen LogP contribution in [0.5, 0.6) is 0 Å². The molecule has 0 aliphatic heterocycles. The fourth-order valence-electron chi connectivity index (χ4n) is 3.52. The second kappa shape index (κ2) is 8.04. The van der Waals surface area contributed by atoms with Gasteiger partial charge >= 0.3 is 0 Å². The molecule has 1 aromatic carbocycles. The van der Waals surface area contributed by atoms with Crippen LogP contribution in [0.1, 0.15) is 17.6 Å². The van der Waals surface area contributed by atoms with Crippen molar-refractivity contribution in [2.45, 2.75) is 37.3 Å². The van der Waals surface area contributed by atoms with Crippen LogP contribution in [0.15, 0.2) is 58.1 Å². The maximum Gasteiger partial charge on any atom is 0.262 e. The third-order valence-electron chi connectivity index (χ3n) is 4.98. The van der Waals surface area contributed by atoms with Crippen LogP contribution in [0.4, 0.5) is 0 Å². The van der Waals surface area contributed by atoms with Crippen molar-refractivity contribution in [1.82, 2.24) is 33.9 Å². The third kappa shape index (κ3) is 3.31. The SMILES string of the molecule is CCn1c(=O)c2ccccc2n2c(CSc3nncn3CCc3cccs3)nnc12. The lowest BCUT2D eigenvalue weighted by Gasteiger charge is -2.09. The van der Waals surface area contributed by atoms with E-state index in [1.165, 1.54) is 4.88 Å². The van der Waals surface area contributed by atoms with Gasteiger partial charge < -0.3 is 4.57 Å². The number of hydrogen-bond donors (Lipinski definition) is 0. The first-order valence-corrected chi connectivity index (χ1v) is 11.5. The van der Waals surface area contributed by atoms with Crippen LogP contribution < -0.4 is 5.56 Å². The van der Waals surface area contributed by atoms with E-state index in [4.69, 9.17) is 0 Å². The fourth-order valence-corrected chi connectivity index (χ4v) is 5.07. The lowest BCUT2D eigenvalue weighted by molar-refractivity contribution is 0.637. The van der Waals surface area contributed by atoms with Crippen LogP contribution in [-0.2, 0) is 25.3 Å². The Morgan fingerprint density at radius 2 is 2.00 bits per heavy atom. The summed E-state index contributed by atoms with van der Waals surface area (Å²) in [7, 11) is 0. The first kappa shape index (κ1) is 19.0. The molecule has 4 heterocycles. The molecule has 5 aromatic rings. The minimum absolute atomic E-state index is 0.0412. The number of hydrogen-bond acceptors (Lipinski definition) is 7. The Hall–Kier alpha value is -2.98. The summed E-state index contributed by atoms with van der Waals surface area (Å²) in [6.45, 7) is 3.31. The minimum Gasteiger partial charge on any atom is -0.308 e. The normalized spacial score (nSPS) is 11.6. The van der Waals surface area contributed by atoms with Gasteiger partial charge in [-0.3, -0.25) is 13.8 Å². The molecule has 0 unspecified atom stereocenters. The topological polar surface area (TPSA) is 82.9 Å². The maximum absolute atomic E-state index is 12.8. The number of thiophene rings is 1. The first-order chi connectivity index (χ1) is 14.8. The molecule has 0 saturated carbocycles. The van der Waals surface area contributed by atoms with E-state index >= 15 is 0 Å². The smallest absolute Gasteiger partial charge is 0.262 e. The number of fused-ring (bicyclic) bond motifs is 3. The molecular weight excluding hydrogens is 418 g/mol. The van der Waals surface area contributed by atoms with E-state index in [9.17, 15) is 4.79 Å². The molecule has 0 spiro atoms. The van der Waals surface area contributed by atoms with E-state index in [-0.39, 0.29) is 5.56 Å². The number of para-hydroxylation sites is 1. The summed E-state index contributed by atoms with van der Waals surface area (Å²) in [4.78, 5) is 14.1. The van der Waals surface area contributed by atoms with Crippen molar-refractivity contribution in [2.24, 2.45) is 0 Å². The standard InChI is InChI=1S/C20H19N7OS2/c1-2-26-18(28)15-7-3-4-8-16(15)27-17(22-23-19(26)27)12-30-20-24-21-13-25(20)10-9-14-6-5-11-29-14/h3-8,11,13H,2,9-10,12H2,1H3. The number of nitrogens with zero attached hydrogens (tertiary/aromatic N) is 7. The van der Waals surface area contributed by atoms with E-state index in [1.54, 1.807) is 34.0 Å². The van der Waals surface area contributed by atoms with Crippen molar-refractivity contribution in [3.8, 4) is 0 Å². The summed E-state index contributed by atoms with van der Waals surface area (Å²) in [5.74, 6) is 1.92. The van der Waals surface area contributed by atoms with Gasteiger partial charge in [-0.2, -0.15) is 0 Å². The monoisotopic (exact) mass is 437 g/mol. The zero-order valence-electron chi connectivity index (χ0n) is 16.3. The molecule has 0 bridgehead atoms. The zero-order chi connectivity index (χ0) is 20.5. The number of aryl methyl sites for hydroxylation is 3. The zero-order valence-corrected chi connectivity index (χ0v) is 17.9. The largest absolute Gasteiger partial charge is 0.308 e. The van der Waals surface area contributed by atoms with Gasteiger partial charge in [0.05, 0.1) is 16.7 Å². The summed E-state index contributed by atoms with van der Waals surface area (Å²) in [5, 5.41) is 20.7. The van der Waals surface area contributed by atoms with E-state index in [2.05, 4.69) is 42.5 Å². The van der Waals surface area contributed by atoms with Gasteiger partial charge in [0.1, 0.15) is 12.2 Å². The Morgan fingerprint density at radius 1 is 1.10 bits per heavy atom. The average molecular weight is 438 g/mol. The number of rotatable bonds is 7. The van der Waals surface area contributed by atoms with Crippen LogP contribution >= 0.6 is 23.1 Å². The molecule has 0 aliphatic rings.